The van der Waals surface area contributed by atoms with E-state index in [4.69, 9.17) is 0 Å². The fourth-order valence-electron chi connectivity index (χ4n) is 3.76. The zero-order valence-corrected chi connectivity index (χ0v) is 12.6. The quantitative estimate of drug-likeness (QED) is 0.903. The number of nitrogens with zero attached hydrogens (tertiary/aromatic N) is 2. The molecule has 0 radical (unpaired) electrons. The van der Waals surface area contributed by atoms with Gasteiger partial charge in [0.15, 0.2) is 0 Å². The molecule has 0 amide bonds. The molecule has 3 nitrogen and oxygen atoms in total. The predicted molar refractivity (Wildman–Crippen MR) is 84.1 cm³/mol. The lowest BCUT2D eigenvalue weighted by Crippen LogP contribution is -2.49. The van der Waals surface area contributed by atoms with Gasteiger partial charge in [0.1, 0.15) is 0 Å². The molecule has 2 atom stereocenters. The van der Waals surface area contributed by atoms with Crippen molar-refractivity contribution < 1.29 is 0 Å². The molecule has 2 heterocycles. The molecule has 1 N–H and O–H groups in total. The van der Waals surface area contributed by atoms with Crippen molar-refractivity contribution in [1.29, 1.82) is 0 Å². The molecule has 0 aromatic heterocycles. The van der Waals surface area contributed by atoms with Gasteiger partial charge in [0, 0.05) is 39.3 Å². The fraction of sp³-hybridized carbons (Fsp3) is 0.647. The van der Waals surface area contributed by atoms with Gasteiger partial charge in [0.05, 0.1) is 0 Å². The highest BCUT2D eigenvalue weighted by Gasteiger charge is 2.30. The molecule has 20 heavy (non-hydrogen) atoms. The summed E-state index contributed by atoms with van der Waals surface area (Å²) in [6.07, 6.45) is 1.30. The van der Waals surface area contributed by atoms with Crippen LogP contribution in [0.4, 0.5) is 0 Å². The maximum Gasteiger partial charge on any atom is 0.0108 e. The maximum atomic E-state index is 3.45. The highest BCUT2D eigenvalue weighted by atomic mass is 15.2. The van der Waals surface area contributed by atoms with E-state index in [-0.39, 0.29) is 0 Å². The van der Waals surface area contributed by atoms with Crippen LogP contribution in [-0.2, 0) is 0 Å². The van der Waals surface area contributed by atoms with Crippen molar-refractivity contribution in [3.05, 3.63) is 35.9 Å². The van der Waals surface area contributed by atoms with Gasteiger partial charge in [-0.2, -0.15) is 0 Å². The van der Waals surface area contributed by atoms with Crippen molar-refractivity contribution in [3.8, 4) is 0 Å². The van der Waals surface area contributed by atoms with Crippen LogP contribution >= 0.6 is 0 Å². The molecule has 110 valence electrons. The Hall–Kier alpha value is -0.900. The van der Waals surface area contributed by atoms with Crippen molar-refractivity contribution >= 4 is 0 Å². The van der Waals surface area contributed by atoms with Crippen molar-refractivity contribution in [2.45, 2.75) is 12.3 Å². The predicted octanol–water partition coefficient (Wildman–Crippen LogP) is 1.63. The van der Waals surface area contributed by atoms with Crippen molar-refractivity contribution in [2.24, 2.45) is 5.92 Å². The molecule has 1 aromatic rings. The fourth-order valence-corrected chi connectivity index (χ4v) is 3.76. The van der Waals surface area contributed by atoms with E-state index in [0.29, 0.717) is 0 Å². The summed E-state index contributed by atoms with van der Waals surface area (Å²) in [6, 6.07) is 11.1. The van der Waals surface area contributed by atoms with Gasteiger partial charge in [-0.3, -0.25) is 0 Å². The summed E-state index contributed by atoms with van der Waals surface area (Å²) in [7, 11) is 2.27. The summed E-state index contributed by atoms with van der Waals surface area (Å²) in [4.78, 5) is 5.16. The molecule has 1 aromatic carbocycles. The highest BCUT2D eigenvalue weighted by Crippen LogP contribution is 2.33. The van der Waals surface area contributed by atoms with Crippen molar-refractivity contribution in [2.75, 3.05) is 52.9 Å². The van der Waals surface area contributed by atoms with Gasteiger partial charge in [-0.05, 0) is 37.4 Å². The van der Waals surface area contributed by atoms with E-state index in [0.717, 1.165) is 24.9 Å². The minimum atomic E-state index is 0.738. The molecule has 0 saturated carbocycles. The number of likely N-dealkylation sites (tertiary alicyclic amines) is 1. The summed E-state index contributed by atoms with van der Waals surface area (Å²) >= 11 is 0. The Bertz CT molecular complexity index is 400. The second-order valence-corrected chi connectivity index (χ2v) is 6.38. The Morgan fingerprint density at radius 3 is 2.60 bits per heavy atom. The third-order valence-electron chi connectivity index (χ3n) is 4.87. The Kier molecular flexibility index (Phi) is 4.71. The van der Waals surface area contributed by atoms with E-state index < -0.39 is 0 Å². The molecule has 0 bridgehead atoms. The van der Waals surface area contributed by atoms with Gasteiger partial charge < -0.3 is 15.1 Å². The second kappa shape index (κ2) is 6.70. The third kappa shape index (κ3) is 3.40. The summed E-state index contributed by atoms with van der Waals surface area (Å²) in [6.45, 7) is 8.45. The topological polar surface area (TPSA) is 18.5 Å². The lowest BCUT2D eigenvalue weighted by Gasteiger charge is -2.40. The first-order valence-corrected chi connectivity index (χ1v) is 7.99. The lowest BCUT2D eigenvalue weighted by molar-refractivity contribution is 0.124. The van der Waals surface area contributed by atoms with Gasteiger partial charge in [-0.1, -0.05) is 30.3 Å². The van der Waals surface area contributed by atoms with Gasteiger partial charge in [-0.15, -0.1) is 0 Å². The average molecular weight is 273 g/mol. The van der Waals surface area contributed by atoms with Crippen molar-refractivity contribution in [1.82, 2.24) is 15.1 Å². The van der Waals surface area contributed by atoms with Crippen LogP contribution in [0.15, 0.2) is 30.3 Å². The Labute approximate surface area is 123 Å². The van der Waals surface area contributed by atoms with E-state index in [1.54, 1.807) is 5.56 Å². The molecule has 2 aliphatic heterocycles. The first-order chi connectivity index (χ1) is 9.83. The van der Waals surface area contributed by atoms with Crippen LogP contribution in [0, 0.1) is 5.92 Å². The smallest absolute Gasteiger partial charge is 0.0108 e. The zero-order chi connectivity index (χ0) is 13.8. The second-order valence-electron chi connectivity index (χ2n) is 6.38. The van der Waals surface area contributed by atoms with E-state index in [9.17, 15) is 0 Å². The molecule has 3 heteroatoms. The van der Waals surface area contributed by atoms with E-state index in [1.165, 1.54) is 39.1 Å². The molecule has 3 rings (SSSR count). The first-order valence-electron chi connectivity index (χ1n) is 7.99. The SMILES string of the molecule is CN1CC[C@H](c2ccccc2)[C@@H](CN2CCNCC2)C1. The monoisotopic (exact) mass is 273 g/mol. The number of piperazine rings is 1. The standard InChI is InChI=1S/C17H27N3/c1-19-10-7-17(15-5-3-2-4-6-15)16(13-19)14-20-11-8-18-9-12-20/h2-6,16-18H,7-14H2,1H3/t16-,17-/m1/s1. The highest BCUT2D eigenvalue weighted by molar-refractivity contribution is 5.21. The molecule has 0 spiro atoms. The molecule has 0 aliphatic carbocycles. The maximum absolute atomic E-state index is 3.45. The Morgan fingerprint density at radius 1 is 1.10 bits per heavy atom. The normalized spacial score (nSPS) is 29.4. The molecule has 2 aliphatic rings. The van der Waals surface area contributed by atoms with Crippen LogP contribution < -0.4 is 5.32 Å². The minimum absolute atomic E-state index is 0.738. The van der Waals surface area contributed by atoms with Crippen LogP contribution in [0.1, 0.15) is 17.9 Å². The molecule has 2 fully saturated rings. The van der Waals surface area contributed by atoms with Crippen molar-refractivity contribution in [3.63, 3.8) is 0 Å². The molecular weight excluding hydrogens is 246 g/mol. The van der Waals surface area contributed by atoms with Crippen LogP contribution in [0.25, 0.3) is 0 Å². The molecule has 2 saturated heterocycles. The lowest BCUT2D eigenvalue weighted by atomic mass is 9.80. The first kappa shape index (κ1) is 14.1. The van der Waals surface area contributed by atoms with Crippen LogP contribution in [0.5, 0.6) is 0 Å². The van der Waals surface area contributed by atoms with Gasteiger partial charge >= 0.3 is 0 Å². The zero-order valence-electron chi connectivity index (χ0n) is 12.6. The Balaban J connectivity index is 1.69. The summed E-state index contributed by atoms with van der Waals surface area (Å²) < 4.78 is 0. The number of piperidine rings is 1. The molecule has 0 unspecified atom stereocenters. The number of benzene rings is 1. The summed E-state index contributed by atoms with van der Waals surface area (Å²) in [5, 5.41) is 3.45. The van der Waals surface area contributed by atoms with Gasteiger partial charge in [-0.25, -0.2) is 0 Å². The van der Waals surface area contributed by atoms with E-state index >= 15 is 0 Å². The van der Waals surface area contributed by atoms with Crippen LogP contribution in [0.3, 0.4) is 0 Å². The van der Waals surface area contributed by atoms with Crippen LogP contribution in [-0.4, -0.2) is 62.7 Å². The number of rotatable bonds is 3. The van der Waals surface area contributed by atoms with E-state index in [2.05, 4.69) is 52.5 Å². The summed E-state index contributed by atoms with van der Waals surface area (Å²) in [5.41, 5.74) is 1.54. The Morgan fingerprint density at radius 2 is 1.85 bits per heavy atom. The number of hydrogen-bond donors (Lipinski definition) is 1. The largest absolute Gasteiger partial charge is 0.314 e. The van der Waals surface area contributed by atoms with E-state index in [1.807, 2.05) is 0 Å². The number of hydrogen-bond acceptors (Lipinski definition) is 3. The van der Waals surface area contributed by atoms with Gasteiger partial charge in [0.2, 0.25) is 0 Å². The average Bonchev–Trinajstić information content (AvgIpc) is 2.49. The third-order valence-corrected chi connectivity index (χ3v) is 4.87. The summed E-state index contributed by atoms with van der Waals surface area (Å²) in [5.74, 6) is 1.51. The van der Waals surface area contributed by atoms with Gasteiger partial charge in [0.25, 0.3) is 0 Å². The molecular formula is C17H27N3. The van der Waals surface area contributed by atoms with Crippen LogP contribution in [0.2, 0.25) is 0 Å². The minimum Gasteiger partial charge on any atom is -0.314 e. The number of nitrogens with one attached hydrogen (secondary N) is 1.